The zero-order valence-corrected chi connectivity index (χ0v) is 9.68. The molecule has 0 spiro atoms. The molecule has 88 valence electrons. The molecule has 0 aliphatic heterocycles. The van der Waals surface area contributed by atoms with Gasteiger partial charge in [0.05, 0.1) is 20.4 Å². The van der Waals surface area contributed by atoms with Crippen LogP contribution in [-0.2, 0) is 0 Å². The summed E-state index contributed by atoms with van der Waals surface area (Å²) in [6, 6.07) is 7.54. The zero-order chi connectivity index (χ0) is 12.3. The van der Waals surface area contributed by atoms with Gasteiger partial charge in [0.2, 0.25) is 0 Å². The molecule has 0 fully saturated rings. The van der Waals surface area contributed by atoms with E-state index in [2.05, 4.69) is 10.2 Å². The fourth-order valence-corrected chi connectivity index (χ4v) is 1.53. The van der Waals surface area contributed by atoms with E-state index in [1.165, 1.54) is 7.11 Å². The second-order valence-corrected chi connectivity index (χ2v) is 3.41. The van der Waals surface area contributed by atoms with Gasteiger partial charge in [-0.1, -0.05) is 12.1 Å². The van der Waals surface area contributed by atoms with E-state index in [0.717, 1.165) is 16.9 Å². The second kappa shape index (κ2) is 4.69. The quantitative estimate of drug-likeness (QED) is 0.871. The molecule has 1 aromatic heterocycles. The molecule has 5 heteroatoms. The van der Waals surface area contributed by atoms with Gasteiger partial charge in [-0.3, -0.25) is 0 Å². The Morgan fingerprint density at radius 1 is 1.06 bits per heavy atom. The molecule has 0 unspecified atom stereocenters. The largest absolute Gasteiger partial charge is 0.497 e. The maximum Gasteiger partial charge on any atom is 0.257 e. The minimum absolute atomic E-state index is 0.332. The smallest absolute Gasteiger partial charge is 0.257 e. The monoisotopic (exact) mass is 231 g/mol. The van der Waals surface area contributed by atoms with Crippen molar-refractivity contribution in [2.75, 3.05) is 20.0 Å². The third kappa shape index (κ3) is 2.13. The van der Waals surface area contributed by atoms with Gasteiger partial charge < -0.3 is 15.2 Å². The summed E-state index contributed by atoms with van der Waals surface area (Å²) >= 11 is 0. The third-order valence-electron chi connectivity index (χ3n) is 2.45. The number of nitrogen functional groups attached to an aromatic ring is 1. The summed E-state index contributed by atoms with van der Waals surface area (Å²) in [5, 5.41) is 7.64. The molecule has 0 saturated heterocycles. The van der Waals surface area contributed by atoms with Crippen molar-refractivity contribution in [2.45, 2.75) is 0 Å². The maximum absolute atomic E-state index is 5.94. The molecular weight excluding hydrogens is 218 g/mol. The maximum atomic E-state index is 5.94. The number of hydrogen-bond donors (Lipinski definition) is 1. The molecule has 5 nitrogen and oxygen atoms in total. The highest BCUT2D eigenvalue weighted by atomic mass is 16.5. The minimum atomic E-state index is 0.332. The summed E-state index contributed by atoms with van der Waals surface area (Å²) in [5.41, 5.74) is 8.15. The van der Waals surface area contributed by atoms with Gasteiger partial charge in [-0.25, -0.2) is 0 Å². The van der Waals surface area contributed by atoms with Crippen LogP contribution in [0.3, 0.4) is 0 Å². The van der Waals surface area contributed by atoms with E-state index in [4.69, 9.17) is 15.2 Å². The standard InChI is InChI=1S/C12H13N3O2/c1-16-9-5-3-8(4-6-9)10-7-14-15-12(17-2)11(10)13/h3-7H,1-2H3,(H2,13,14). The van der Waals surface area contributed by atoms with Crippen LogP contribution < -0.4 is 15.2 Å². The lowest BCUT2D eigenvalue weighted by atomic mass is 10.1. The van der Waals surface area contributed by atoms with Crippen LogP contribution in [0.5, 0.6) is 11.6 Å². The van der Waals surface area contributed by atoms with Crippen molar-refractivity contribution >= 4 is 5.69 Å². The van der Waals surface area contributed by atoms with E-state index in [-0.39, 0.29) is 0 Å². The molecule has 0 atom stereocenters. The van der Waals surface area contributed by atoms with Crippen molar-refractivity contribution in [2.24, 2.45) is 0 Å². The summed E-state index contributed by atoms with van der Waals surface area (Å²) < 4.78 is 10.1. The minimum Gasteiger partial charge on any atom is -0.497 e. The van der Waals surface area contributed by atoms with Crippen molar-refractivity contribution in [3.63, 3.8) is 0 Å². The summed E-state index contributed by atoms with van der Waals surface area (Å²) in [4.78, 5) is 0. The van der Waals surface area contributed by atoms with Gasteiger partial charge >= 0.3 is 0 Å². The summed E-state index contributed by atoms with van der Waals surface area (Å²) in [7, 11) is 3.14. The molecule has 1 heterocycles. The Balaban J connectivity index is 2.45. The lowest BCUT2D eigenvalue weighted by Crippen LogP contribution is -1.99. The Labute approximate surface area is 99.2 Å². The van der Waals surface area contributed by atoms with Crippen LogP contribution in [0.15, 0.2) is 30.5 Å². The molecule has 0 bridgehead atoms. The first-order valence-corrected chi connectivity index (χ1v) is 5.06. The molecule has 2 aromatic rings. The van der Waals surface area contributed by atoms with Crippen LogP contribution in [0.4, 0.5) is 5.69 Å². The van der Waals surface area contributed by atoms with Gasteiger partial charge in [0, 0.05) is 5.56 Å². The lowest BCUT2D eigenvalue weighted by molar-refractivity contribution is 0.394. The molecule has 0 amide bonds. The van der Waals surface area contributed by atoms with Crippen LogP contribution in [-0.4, -0.2) is 24.4 Å². The lowest BCUT2D eigenvalue weighted by Gasteiger charge is -2.08. The first-order valence-electron chi connectivity index (χ1n) is 5.06. The fraction of sp³-hybridized carbons (Fsp3) is 0.167. The van der Waals surface area contributed by atoms with E-state index in [1.807, 2.05) is 24.3 Å². The van der Waals surface area contributed by atoms with Gasteiger partial charge in [0.1, 0.15) is 11.4 Å². The van der Waals surface area contributed by atoms with Gasteiger partial charge in [0.15, 0.2) is 0 Å². The Morgan fingerprint density at radius 2 is 1.76 bits per heavy atom. The van der Waals surface area contributed by atoms with Crippen LogP contribution in [0.1, 0.15) is 0 Å². The number of nitrogens with two attached hydrogens (primary N) is 1. The molecular formula is C12H13N3O2. The van der Waals surface area contributed by atoms with Crippen LogP contribution >= 0.6 is 0 Å². The Bertz CT molecular complexity index is 512. The van der Waals surface area contributed by atoms with E-state index >= 15 is 0 Å². The van der Waals surface area contributed by atoms with Gasteiger partial charge in [-0.15, -0.1) is 5.10 Å². The molecule has 0 saturated carbocycles. The second-order valence-electron chi connectivity index (χ2n) is 3.41. The Kier molecular flexibility index (Phi) is 3.09. The highest BCUT2D eigenvalue weighted by molar-refractivity contribution is 5.78. The van der Waals surface area contributed by atoms with Crippen molar-refractivity contribution < 1.29 is 9.47 Å². The summed E-state index contributed by atoms with van der Waals surface area (Å²) in [6.45, 7) is 0. The van der Waals surface area contributed by atoms with E-state index in [1.54, 1.807) is 13.3 Å². The van der Waals surface area contributed by atoms with Crippen molar-refractivity contribution in [3.8, 4) is 22.8 Å². The predicted octanol–water partition coefficient (Wildman–Crippen LogP) is 1.74. The fourth-order valence-electron chi connectivity index (χ4n) is 1.53. The van der Waals surface area contributed by atoms with E-state index < -0.39 is 0 Å². The summed E-state index contributed by atoms with van der Waals surface area (Å²) in [6.07, 6.45) is 1.61. The summed E-state index contributed by atoms with van der Waals surface area (Å²) in [5.74, 6) is 1.12. The number of nitrogens with zero attached hydrogens (tertiary/aromatic N) is 2. The van der Waals surface area contributed by atoms with Crippen LogP contribution in [0.2, 0.25) is 0 Å². The average Bonchev–Trinajstić information content (AvgIpc) is 2.39. The molecule has 2 rings (SSSR count). The molecule has 0 aliphatic rings. The highest BCUT2D eigenvalue weighted by Crippen LogP contribution is 2.31. The zero-order valence-electron chi connectivity index (χ0n) is 9.68. The van der Waals surface area contributed by atoms with Crippen molar-refractivity contribution in [3.05, 3.63) is 30.5 Å². The van der Waals surface area contributed by atoms with Crippen molar-refractivity contribution in [1.82, 2.24) is 10.2 Å². The van der Waals surface area contributed by atoms with Gasteiger partial charge in [-0.2, -0.15) is 5.10 Å². The predicted molar refractivity (Wildman–Crippen MR) is 65.0 cm³/mol. The number of hydrogen-bond acceptors (Lipinski definition) is 5. The number of methoxy groups -OCH3 is 2. The highest BCUT2D eigenvalue weighted by Gasteiger charge is 2.09. The Morgan fingerprint density at radius 3 is 2.35 bits per heavy atom. The number of aromatic nitrogens is 2. The number of benzene rings is 1. The van der Waals surface area contributed by atoms with Gasteiger partial charge in [-0.05, 0) is 17.7 Å². The first kappa shape index (κ1) is 11.2. The van der Waals surface area contributed by atoms with Gasteiger partial charge in [0.25, 0.3) is 5.88 Å². The molecule has 17 heavy (non-hydrogen) atoms. The molecule has 0 radical (unpaired) electrons. The third-order valence-corrected chi connectivity index (χ3v) is 2.45. The van der Waals surface area contributed by atoms with Crippen LogP contribution in [0, 0.1) is 0 Å². The van der Waals surface area contributed by atoms with Crippen LogP contribution in [0.25, 0.3) is 11.1 Å². The van der Waals surface area contributed by atoms with Crippen molar-refractivity contribution in [1.29, 1.82) is 0 Å². The molecule has 1 aromatic carbocycles. The van der Waals surface area contributed by atoms with E-state index in [9.17, 15) is 0 Å². The van der Waals surface area contributed by atoms with E-state index in [0.29, 0.717) is 11.6 Å². The topological polar surface area (TPSA) is 70.3 Å². The SMILES string of the molecule is COc1ccc(-c2cnnc(OC)c2N)cc1. The Hall–Kier alpha value is -2.30. The average molecular weight is 231 g/mol. The number of ether oxygens (including phenoxy) is 2. The normalized spacial score (nSPS) is 10.0. The number of rotatable bonds is 3. The molecule has 2 N–H and O–H groups in total. The number of anilines is 1. The first-order chi connectivity index (χ1) is 8.26. The molecule has 0 aliphatic carbocycles.